The average molecular weight is 386 g/mol. The number of carbonyl (C=O) groups excluding carboxylic acids is 2. The first-order valence-corrected chi connectivity index (χ1v) is 10.4. The number of hydrogen-bond donors (Lipinski definition) is 1. The Morgan fingerprint density at radius 1 is 1.19 bits per heavy atom. The molecule has 0 radical (unpaired) electrons. The van der Waals surface area contributed by atoms with Crippen molar-refractivity contribution in [3.05, 3.63) is 57.8 Å². The van der Waals surface area contributed by atoms with Crippen LogP contribution in [0.4, 0.5) is 0 Å². The molecule has 144 valence electrons. The number of hydrogen-bond acceptors (Lipinski definition) is 4. The van der Waals surface area contributed by atoms with E-state index in [-0.39, 0.29) is 17.9 Å². The molecule has 0 atom stereocenters. The van der Waals surface area contributed by atoms with Gasteiger partial charge in [-0.2, -0.15) is 0 Å². The molecule has 0 aliphatic carbocycles. The molecular weight excluding hydrogens is 358 g/mol. The van der Waals surface area contributed by atoms with Gasteiger partial charge < -0.3 is 15.5 Å². The molecule has 1 aromatic heterocycles. The van der Waals surface area contributed by atoms with Gasteiger partial charge in [-0.1, -0.05) is 25.1 Å². The van der Waals surface area contributed by atoms with Gasteiger partial charge >= 0.3 is 0 Å². The molecule has 0 unspecified atom stereocenters. The Labute approximate surface area is 164 Å². The van der Waals surface area contributed by atoms with Gasteiger partial charge in [0, 0.05) is 37.8 Å². The van der Waals surface area contributed by atoms with Gasteiger partial charge in [-0.25, -0.2) is 0 Å². The number of nitrogens with zero attached hydrogens (tertiary/aromatic N) is 2. The fourth-order valence-electron chi connectivity index (χ4n) is 3.58. The molecule has 2 N–H and O–H groups in total. The van der Waals surface area contributed by atoms with Crippen LogP contribution < -0.4 is 5.73 Å². The summed E-state index contributed by atoms with van der Waals surface area (Å²) in [5, 5.41) is 1.94. The van der Waals surface area contributed by atoms with Gasteiger partial charge in [0.25, 0.3) is 11.8 Å². The van der Waals surface area contributed by atoms with Crippen molar-refractivity contribution in [2.75, 3.05) is 19.6 Å². The molecule has 1 fully saturated rings. The first kappa shape index (κ1) is 19.6. The van der Waals surface area contributed by atoms with Crippen LogP contribution in [0.3, 0.4) is 0 Å². The molecule has 27 heavy (non-hydrogen) atoms. The van der Waals surface area contributed by atoms with Crippen LogP contribution in [0.2, 0.25) is 0 Å². The van der Waals surface area contributed by atoms with Crippen molar-refractivity contribution in [3.8, 4) is 0 Å². The largest absolute Gasteiger partial charge is 0.338 e. The Kier molecular flexibility index (Phi) is 6.63. The molecule has 3 rings (SSSR count). The highest BCUT2D eigenvalue weighted by Crippen LogP contribution is 2.22. The normalized spacial score (nSPS) is 15.0. The van der Waals surface area contributed by atoms with E-state index in [2.05, 4.69) is 6.92 Å². The second kappa shape index (κ2) is 9.15. The van der Waals surface area contributed by atoms with Crippen LogP contribution in [0, 0.1) is 0 Å². The van der Waals surface area contributed by atoms with E-state index in [1.54, 1.807) is 0 Å². The monoisotopic (exact) mass is 385 g/mol. The fourth-order valence-corrected chi connectivity index (χ4v) is 4.26. The molecule has 2 amide bonds. The topological polar surface area (TPSA) is 66.6 Å². The smallest absolute Gasteiger partial charge is 0.264 e. The van der Waals surface area contributed by atoms with E-state index in [4.69, 9.17) is 5.73 Å². The summed E-state index contributed by atoms with van der Waals surface area (Å²) in [5.74, 6) is 0.178. The van der Waals surface area contributed by atoms with Crippen molar-refractivity contribution >= 4 is 23.2 Å². The number of rotatable bonds is 6. The maximum Gasteiger partial charge on any atom is 0.264 e. The quantitative estimate of drug-likeness (QED) is 0.829. The van der Waals surface area contributed by atoms with Gasteiger partial charge in [0.05, 0.1) is 4.88 Å². The third kappa shape index (κ3) is 4.57. The molecule has 2 heterocycles. The van der Waals surface area contributed by atoms with E-state index in [1.165, 1.54) is 11.3 Å². The second-order valence-corrected chi connectivity index (χ2v) is 7.85. The van der Waals surface area contributed by atoms with Gasteiger partial charge in [0.2, 0.25) is 0 Å². The van der Waals surface area contributed by atoms with Crippen molar-refractivity contribution in [3.63, 3.8) is 0 Å². The molecule has 2 aromatic rings. The summed E-state index contributed by atoms with van der Waals surface area (Å²) >= 11 is 1.49. The van der Waals surface area contributed by atoms with Crippen LogP contribution in [0.15, 0.2) is 41.8 Å². The lowest BCUT2D eigenvalue weighted by Gasteiger charge is -2.38. The Balaban J connectivity index is 1.62. The SMILES string of the molecule is CCCN(C(=O)c1cccs1)C1CCN(C(=O)c2ccc(CN)cc2)CC1. The standard InChI is InChI=1S/C21H27N3O2S/c1-2-11-24(21(26)19-4-3-14-27-19)18-9-12-23(13-10-18)20(25)17-7-5-16(15-22)6-8-17/h3-8,14,18H,2,9-13,15,22H2,1H3. The molecule has 0 bridgehead atoms. The fraction of sp³-hybridized carbons (Fsp3) is 0.429. The van der Waals surface area contributed by atoms with Crippen molar-refractivity contribution in [2.45, 2.75) is 38.8 Å². The van der Waals surface area contributed by atoms with E-state index < -0.39 is 0 Å². The lowest BCUT2D eigenvalue weighted by molar-refractivity contribution is 0.0522. The zero-order chi connectivity index (χ0) is 19.2. The van der Waals surface area contributed by atoms with Gasteiger partial charge in [-0.05, 0) is 48.4 Å². The Hall–Kier alpha value is -2.18. The van der Waals surface area contributed by atoms with Crippen LogP contribution in [0.5, 0.6) is 0 Å². The molecule has 1 aliphatic rings. The number of nitrogens with two attached hydrogens (primary N) is 1. The highest BCUT2D eigenvalue weighted by atomic mass is 32.1. The van der Waals surface area contributed by atoms with Crippen LogP contribution in [-0.4, -0.2) is 47.3 Å². The number of benzene rings is 1. The molecule has 1 aliphatic heterocycles. The van der Waals surface area contributed by atoms with E-state index in [1.807, 2.05) is 51.6 Å². The Morgan fingerprint density at radius 2 is 1.89 bits per heavy atom. The van der Waals surface area contributed by atoms with Crippen molar-refractivity contribution in [1.29, 1.82) is 0 Å². The van der Waals surface area contributed by atoms with Crippen LogP contribution in [0.25, 0.3) is 0 Å². The van der Waals surface area contributed by atoms with Crippen LogP contribution in [0.1, 0.15) is 51.8 Å². The predicted octanol–water partition coefficient (Wildman–Crippen LogP) is 3.36. The summed E-state index contributed by atoms with van der Waals surface area (Å²) in [4.78, 5) is 30.3. The van der Waals surface area contributed by atoms with Gasteiger partial charge in [0.15, 0.2) is 0 Å². The molecule has 5 nitrogen and oxygen atoms in total. The summed E-state index contributed by atoms with van der Waals surface area (Å²) in [6.45, 7) is 4.69. The minimum absolute atomic E-state index is 0.0589. The third-order valence-corrected chi connectivity index (χ3v) is 5.94. The van der Waals surface area contributed by atoms with Gasteiger partial charge in [0.1, 0.15) is 0 Å². The minimum atomic E-state index is 0.0589. The van der Waals surface area contributed by atoms with E-state index in [0.717, 1.165) is 36.2 Å². The summed E-state index contributed by atoms with van der Waals surface area (Å²) in [6, 6.07) is 11.5. The Bertz CT molecular complexity index is 750. The lowest BCUT2D eigenvalue weighted by atomic mass is 10.0. The number of likely N-dealkylation sites (tertiary alicyclic amines) is 1. The van der Waals surface area contributed by atoms with E-state index >= 15 is 0 Å². The van der Waals surface area contributed by atoms with Crippen molar-refractivity contribution in [2.24, 2.45) is 5.73 Å². The summed E-state index contributed by atoms with van der Waals surface area (Å²) < 4.78 is 0. The zero-order valence-electron chi connectivity index (χ0n) is 15.8. The number of piperidine rings is 1. The zero-order valence-corrected chi connectivity index (χ0v) is 16.6. The van der Waals surface area contributed by atoms with E-state index in [0.29, 0.717) is 25.2 Å². The van der Waals surface area contributed by atoms with Crippen molar-refractivity contribution in [1.82, 2.24) is 9.80 Å². The molecular formula is C21H27N3O2S. The maximum atomic E-state index is 12.8. The molecule has 0 spiro atoms. The molecule has 1 aromatic carbocycles. The first-order valence-electron chi connectivity index (χ1n) is 9.56. The Morgan fingerprint density at radius 3 is 2.44 bits per heavy atom. The van der Waals surface area contributed by atoms with Crippen molar-refractivity contribution < 1.29 is 9.59 Å². The van der Waals surface area contributed by atoms with Gasteiger partial charge in [-0.3, -0.25) is 9.59 Å². The first-order chi connectivity index (χ1) is 13.1. The summed E-state index contributed by atoms with van der Waals surface area (Å²) in [7, 11) is 0. The number of thiophene rings is 1. The minimum Gasteiger partial charge on any atom is -0.338 e. The second-order valence-electron chi connectivity index (χ2n) is 6.90. The third-order valence-electron chi connectivity index (χ3n) is 5.09. The highest BCUT2D eigenvalue weighted by Gasteiger charge is 2.30. The van der Waals surface area contributed by atoms with E-state index in [9.17, 15) is 9.59 Å². The molecule has 6 heteroatoms. The highest BCUT2D eigenvalue weighted by molar-refractivity contribution is 7.12. The number of carbonyl (C=O) groups is 2. The summed E-state index contributed by atoms with van der Waals surface area (Å²) in [5.41, 5.74) is 7.34. The molecule has 1 saturated heterocycles. The van der Waals surface area contributed by atoms with Crippen LogP contribution >= 0.6 is 11.3 Å². The maximum absolute atomic E-state index is 12.8. The van der Waals surface area contributed by atoms with Gasteiger partial charge in [-0.15, -0.1) is 11.3 Å². The average Bonchev–Trinajstić information content (AvgIpc) is 3.26. The van der Waals surface area contributed by atoms with Crippen LogP contribution in [-0.2, 0) is 6.54 Å². The predicted molar refractivity (Wildman–Crippen MR) is 109 cm³/mol. The molecule has 0 saturated carbocycles. The number of amides is 2. The summed E-state index contributed by atoms with van der Waals surface area (Å²) in [6.07, 6.45) is 2.58. The lowest BCUT2D eigenvalue weighted by Crippen LogP contribution is -2.49.